The minimum atomic E-state index is -0.692. The van der Waals surface area contributed by atoms with E-state index in [2.05, 4.69) is 10.5 Å². The number of nitro groups is 1. The molecular weight excluding hydrogens is 390 g/mol. The molecule has 1 N–H and O–H groups in total. The number of rotatable bonds is 7. The van der Waals surface area contributed by atoms with Gasteiger partial charge in [0.15, 0.2) is 5.75 Å². The van der Waals surface area contributed by atoms with Crippen LogP contribution < -0.4 is 14.9 Å². The van der Waals surface area contributed by atoms with E-state index in [0.29, 0.717) is 5.02 Å². The number of nitrogens with one attached hydrogen (secondary N) is 1. The fourth-order valence-corrected chi connectivity index (χ4v) is 2.42. The second-order valence-corrected chi connectivity index (χ2v) is 5.92. The van der Waals surface area contributed by atoms with Crippen molar-refractivity contribution in [3.8, 4) is 11.5 Å². The number of hydrogen-bond donors (Lipinski definition) is 1. The molecule has 10 heteroatoms. The number of esters is 1. The van der Waals surface area contributed by atoms with Gasteiger partial charge in [0.25, 0.3) is 0 Å². The van der Waals surface area contributed by atoms with E-state index in [0.717, 1.165) is 18.7 Å². The first kappa shape index (κ1) is 20.8. The van der Waals surface area contributed by atoms with Crippen LogP contribution in [-0.2, 0) is 16.0 Å². The van der Waals surface area contributed by atoms with Gasteiger partial charge < -0.3 is 9.47 Å². The lowest BCUT2D eigenvalue weighted by Gasteiger charge is -2.09. The van der Waals surface area contributed by atoms with Crippen molar-refractivity contribution in [3.05, 3.63) is 62.7 Å². The summed E-state index contributed by atoms with van der Waals surface area (Å²) in [7, 11) is 1.21. The van der Waals surface area contributed by atoms with Gasteiger partial charge in [-0.05, 0) is 29.8 Å². The van der Waals surface area contributed by atoms with Gasteiger partial charge in [-0.25, -0.2) is 5.43 Å². The molecule has 0 saturated heterocycles. The summed E-state index contributed by atoms with van der Waals surface area (Å²) in [5.74, 6) is -1.38. The fraction of sp³-hybridized carbons (Fsp3) is 0.167. The van der Waals surface area contributed by atoms with Crippen molar-refractivity contribution in [2.75, 3.05) is 7.11 Å². The molecule has 28 heavy (non-hydrogen) atoms. The van der Waals surface area contributed by atoms with E-state index in [-0.39, 0.29) is 23.5 Å². The lowest BCUT2D eigenvalue weighted by atomic mass is 10.1. The monoisotopic (exact) mass is 405 g/mol. The zero-order chi connectivity index (χ0) is 20.7. The molecule has 0 unspecified atom stereocenters. The molecule has 0 radical (unpaired) electrons. The Labute approximate surface area is 165 Å². The van der Waals surface area contributed by atoms with E-state index in [1.165, 1.54) is 19.2 Å². The molecule has 1 amide bonds. The molecule has 0 saturated carbocycles. The molecule has 0 aliphatic carbocycles. The molecule has 2 aromatic carbocycles. The van der Waals surface area contributed by atoms with Crippen molar-refractivity contribution in [3.63, 3.8) is 0 Å². The molecule has 0 heterocycles. The topological polar surface area (TPSA) is 120 Å². The summed E-state index contributed by atoms with van der Waals surface area (Å²) in [5.41, 5.74) is 2.64. The van der Waals surface area contributed by atoms with Crippen LogP contribution in [0.2, 0.25) is 5.02 Å². The Morgan fingerprint density at radius 2 is 1.93 bits per heavy atom. The molecule has 146 valence electrons. The number of carbonyl (C=O) groups is 2. The molecule has 0 bridgehead atoms. The van der Waals surface area contributed by atoms with Crippen LogP contribution in [0.3, 0.4) is 0 Å². The molecule has 0 fully saturated rings. The highest BCUT2D eigenvalue weighted by molar-refractivity contribution is 6.30. The SMILES string of the molecule is COc1c(OC(C)=O)ccc(/C=N/NC(=O)Cc2ccc(Cl)cc2)c1[N+](=O)[O-]. The summed E-state index contributed by atoms with van der Waals surface area (Å²) < 4.78 is 9.92. The molecule has 0 aliphatic heterocycles. The zero-order valence-corrected chi connectivity index (χ0v) is 15.7. The normalized spacial score (nSPS) is 10.5. The first-order valence-electron chi connectivity index (χ1n) is 7.92. The number of amides is 1. The number of halogens is 1. The smallest absolute Gasteiger partial charge is 0.323 e. The van der Waals surface area contributed by atoms with Crippen LogP contribution in [0.5, 0.6) is 11.5 Å². The minimum absolute atomic E-state index is 0.0598. The maximum absolute atomic E-state index is 11.9. The summed E-state index contributed by atoms with van der Waals surface area (Å²) in [5, 5.41) is 15.7. The Balaban J connectivity index is 2.17. The third-order valence-electron chi connectivity index (χ3n) is 3.44. The summed E-state index contributed by atoms with van der Waals surface area (Å²) in [6, 6.07) is 9.39. The fourth-order valence-electron chi connectivity index (χ4n) is 2.29. The third-order valence-corrected chi connectivity index (χ3v) is 3.69. The predicted molar refractivity (Wildman–Crippen MR) is 102 cm³/mol. The van der Waals surface area contributed by atoms with Crippen molar-refractivity contribution in [2.24, 2.45) is 5.10 Å². The summed E-state index contributed by atoms with van der Waals surface area (Å²) in [6.45, 7) is 1.16. The van der Waals surface area contributed by atoms with Gasteiger partial charge in [-0.15, -0.1) is 0 Å². The Bertz CT molecular complexity index is 928. The van der Waals surface area contributed by atoms with Crippen molar-refractivity contribution >= 4 is 35.4 Å². The van der Waals surface area contributed by atoms with Crippen molar-refractivity contribution < 1.29 is 24.0 Å². The number of nitrogens with zero attached hydrogens (tertiary/aromatic N) is 2. The van der Waals surface area contributed by atoms with Crippen LogP contribution in [0, 0.1) is 10.1 Å². The number of benzene rings is 2. The molecule has 2 aromatic rings. The maximum atomic E-state index is 11.9. The quantitative estimate of drug-likeness (QED) is 0.248. The molecular formula is C18H16ClN3O6. The van der Waals surface area contributed by atoms with Crippen LogP contribution in [0.1, 0.15) is 18.1 Å². The van der Waals surface area contributed by atoms with Crippen LogP contribution in [0.4, 0.5) is 5.69 Å². The number of methoxy groups -OCH3 is 1. The van der Waals surface area contributed by atoms with Crippen LogP contribution in [-0.4, -0.2) is 30.1 Å². The van der Waals surface area contributed by atoms with Crippen molar-refractivity contribution in [2.45, 2.75) is 13.3 Å². The Kier molecular flexibility index (Phi) is 7.05. The van der Waals surface area contributed by atoms with Gasteiger partial charge in [0.2, 0.25) is 11.7 Å². The lowest BCUT2D eigenvalue weighted by Crippen LogP contribution is -2.19. The van der Waals surface area contributed by atoms with E-state index in [1.54, 1.807) is 24.3 Å². The highest BCUT2D eigenvalue weighted by Gasteiger charge is 2.25. The first-order valence-corrected chi connectivity index (χ1v) is 8.29. The van der Waals surface area contributed by atoms with E-state index in [4.69, 9.17) is 21.1 Å². The van der Waals surface area contributed by atoms with E-state index in [9.17, 15) is 19.7 Å². The predicted octanol–water partition coefficient (Wildman–Crippen LogP) is 2.87. The second-order valence-electron chi connectivity index (χ2n) is 5.48. The van der Waals surface area contributed by atoms with Gasteiger partial charge in [-0.2, -0.15) is 5.10 Å². The van der Waals surface area contributed by atoms with Gasteiger partial charge in [0, 0.05) is 11.9 Å². The summed E-state index contributed by atoms with van der Waals surface area (Å²) >= 11 is 5.79. The van der Waals surface area contributed by atoms with Gasteiger partial charge in [-0.1, -0.05) is 23.7 Å². The van der Waals surface area contributed by atoms with Crippen LogP contribution in [0.25, 0.3) is 0 Å². The maximum Gasteiger partial charge on any atom is 0.323 e. The Morgan fingerprint density at radius 3 is 2.50 bits per heavy atom. The molecule has 0 aliphatic rings. The minimum Gasteiger partial charge on any atom is -0.488 e. The number of hydrogen-bond acceptors (Lipinski definition) is 7. The third kappa shape index (κ3) is 5.52. The number of nitro benzene ring substituents is 1. The summed E-state index contributed by atoms with van der Waals surface area (Å²) in [6.07, 6.45) is 1.17. The van der Waals surface area contributed by atoms with Crippen molar-refractivity contribution in [1.82, 2.24) is 5.43 Å². The molecule has 0 aromatic heterocycles. The Hall–Kier alpha value is -3.46. The average Bonchev–Trinajstić information content (AvgIpc) is 2.63. The van der Waals surface area contributed by atoms with Crippen LogP contribution >= 0.6 is 11.6 Å². The molecule has 0 spiro atoms. The van der Waals surface area contributed by atoms with Gasteiger partial charge in [0.05, 0.1) is 30.2 Å². The van der Waals surface area contributed by atoms with E-state index >= 15 is 0 Å². The standard InChI is InChI=1S/C18H16ClN3O6/c1-11(23)28-15-8-5-13(17(22(25)26)18(15)27-2)10-20-21-16(24)9-12-3-6-14(19)7-4-12/h3-8,10H,9H2,1-2H3,(H,21,24)/b20-10+. The molecule has 2 rings (SSSR count). The average molecular weight is 406 g/mol. The zero-order valence-electron chi connectivity index (χ0n) is 15.0. The molecule has 0 atom stereocenters. The van der Waals surface area contributed by atoms with E-state index in [1.807, 2.05) is 0 Å². The summed E-state index contributed by atoms with van der Waals surface area (Å²) in [4.78, 5) is 33.8. The van der Waals surface area contributed by atoms with Crippen molar-refractivity contribution in [1.29, 1.82) is 0 Å². The lowest BCUT2D eigenvalue weighted by molar-refractivity contribution is -0.385. The number of ether oxygens (including phenoxy) is 2. The van der Waals surface area contributed by atoms with Crippen LogP contribution in [0.15, 0.2) is 41.5 Å². The highest BCUT2D eigenvalue weighted by atomic mass is 35.5. The van der Waals surface area contributed by atoms with Gasteiger partial charge >= 0.3 is 11.7 Å². The number of carbonyl (C=O) groups excluding carboxylic acids is 2. The first-order chi connectivity index (χ1) is 13.3. The second kappa shape index (κ2) is 9.47. The van der Waals surface area contributed by atoms with Gasteiger partial charge in [0.1, 0.15) is 0 Å². The van der Waals surface area contributed by atoms with Gasteiger partial charge in [-0.3, -0.25) is 19.7 Å². The molecule has 9 nitrogen and oxygen atoms in total. The van der Waals surface area contributed by atoms with E-state index < -0.39 is 22.5 Å². The Morgan fingerprint density at radius 1 is 1.25 bits per heavy atom. The largest absolute Gasteiger partial charge is 0.488 e. The highest BCUT2D eigenvalue weighted by Crippen LogP contribution is 2.39. The number of hydrazone groups is 1.